The molecule has 0 heterocycles. The van der Waals surface area contributed by atoms with Crippen LogP contribution in [0.3, 0.4) is 0 Å². The van der Waals surface area contributed by atoms with Crippen LogP contribution in [0.15, 0.2) is 0 Å². The lowest BCUT2D eigenvalue weighted by molar-refractivity contribution is -0.141. The third-order valence-corrected chi connectivity index (χ3v) is 0.988. The van der Waals surface area contributed by atoms with Crippen molar-refractivity contribution in [3.63, 3.8) is 0 Å². The molecule has 0 rings (SSSR count). The molecule has 0 saturated heterocycles. The summed E-state index contributed by atoms with van der Waals surface area (Å²) in [6.07, 6.45) is 0. The highest BCUT2D eigenvalue weighted by Crippen LogP contribution is 1.79. The summed E-state index contributed by atoms with van der Waals surface area (Å²) in [7, 11) is 0. The lowest BCUT2D eigenvalue weighted by Crippen LogP contribution is -2.42. The van der Waals surface area contributed by atoms with E-state index in [0.29, 0.717) is 0 Å². The molecule has 4 N–H and O–H groups in total. The molecule has 6 heteroatoms. The zero-order chi connectivity index (χ0) is 8.85. The molecule has 0 radical (unpaired) electrons. The number of carbonyl (C=O) groups excluding carboxylic acids is 1. The second kappa shape index (κ2) is 4.64. The lowest BCUT2D eigenvalue weighted by atomic mass is 10.3. The zero-order valence-electron chi connectivity index (χ0n) is 6.00. The number of aliphatic carboxylic acids is 1. The van der Waals surface area contributed by atoms with Crippen LogP contribution in [0.4, 0.5) is 0 Å². The molecule has 0 aromatic heterocycles. The molecule has 1 amide bonds. The van der Waals surface area contributed by atoms with Gasteiger partial charge in [-0.1, -0.05) is 0 Å². The van der Waals surface area contributed by atoms with Gasteiger partial charge in [0.05, 0.1) is 6.54 Å². The average Bonchev–Trinajstić information content (AvgIpc) is 1.87. The Hall–Kier alpha value is -1.14. The maximum absolute atomic E-state index is 10.6. The highest BCUT2D eigenvalue weighted by molar-refractivity contribution is 5.84. The lowest BCUT2D eigenvalue weighted by Gasteiger charge is -2.07. The Morgan fingerprint density at radius 2 is 2.09 bits per heavy atom. The van der Waals surface area contributed by atoms with Crippen molar-refractivity contribution in [2.24, 2.45) is 0 Å². The summed E-state index contributed by atoms with van der Waals surface area (Å²) in [4.78, 5) is 20.7. The number of rotatable bonds is 4. The molecule has 0 aliphatic heterocycles. The number of hydroxylamine groups is 1. The van der Waals surface area contributed by atoms with Crippen molar-refractivity contribution < 1.29 is 19.9 Å². The number of hydrogen-bond acceptors (Lipinski definition) is 4. The molecule has 1 atom stereocenters. The van der Waals surface area contributed by atoms with Gasteiger partial charge in [0.1, 0.15) is 6.04 Å². The van der Waals surface area contributed by atoms with Crippen LogP contribution in [0, 0.1) is 0 Å². The molecule has 0 bridgehead atoms. The van der Waals surface area contributed by atoms with Crippen LogP contribution >= 0.6 is 0 Å². The summed E-state index contributed by atoms with van der Waals surface area (Å²) < 4.78 is 0. The van der Waals surface area contributed by atoms with Crippen molar-refractivity contribution in [1.29, 1.82) is 0 Å². The summed E-state index contributed by atoms with van der Waals surface area (Å²) in [5.41, 5.74) is 1.61. The Labute approximate surface area is 63.2 Å². The summed E-state index contributed by atoms with van der Waals surface area (Å²) >= 11 is 0. The molecule has 0 saturated carbocycles. The molecular weight excluding hydrogens is 152 g/mol. The van der Waals surface area contributed by atoms with E-state index in [9.17, 15) is 9.59 Å². The normalized spacial score (nSPS) is 12.2. The van der Waals surface area contributed by atoms with Crippen LogP contribution in [0.5, 0.6) is 0 Å². The van der Waals surface area contributed by atoms with Crippen LogP contribution in [0.25, 0.3) is 0 Å². The number of carboxylic acid groups (broad SMARTS) is 1. The summed E-state index contributed by atoms with van der Waals surface area (Å²) in [6, 6.07) is -0.934. The first-order valence-corrected chi connectivity index (χ1v) is 2.97. The fraction of sp³-hybridized carbons (Fsp3) is 0.600. The maximum Gasteiger partial charge on any atom is 0.325 e. The van der Waals surface area contributed by atoms with E-state index in [1.807, 2.05) is 0 Å². The van der Waals surface area contributed by atoms with Gasteiger partial charge in [-0.3, -0.25) is 9.59 Å². The number of carbonyl (C=O) groups is 2. The molecule has 0 fully saturated rings. The minimum atomic E-state index is -1.11. The number of amides is 1. The van der Waals surface area contributed by atoms with E-state index in [2.05, 4.69) is 5.32 Å². The van der Waals surface area contributed by atoms with Gasteiger partial charge in [-0.05, 0) is 6.92 Å². The van der Waals surface area contributed by atoms with Gasteiger partial charge in [0, 0.05) is 0 Å². The molecule has 64 valence electrons. The van der Waals surface area contributed by atoms with E-state index in [1.165, 1.54) is 6.92 Å². The van der Waals surface area contributed by atoms with Crippen LogP contribution in [-0.2, 0) is 9.59 Å². The van der Waals surface area contributed by atoms with Gasteiger partial charge in [0.2, 0.25) is 5.91 Å². The van der Waals surface area contributed by atoms with Gasteiger partial charge < -0.3 is 15.6 Å². The Balaban J connectivity index is 3.66. The molecule has 0 aromatic carbocycles. The van der Waals surface area contributed by atoms with Gasteiger partial charge in [0.15, 0.2) is 0 Å². The predicted octanol–water partition coefficient (Wildman–Crippen LogP) is -1.45. The minimum absolute atomic E-state index is 0.308. The first kappa shape index (κ1) is 9.86. The van der Waals surface area contributed by atoms with E-state index in [4.69, 9.17) is 10.3 Å². The molecule has 0 unspecified atom stereocenters. The minimum Gasteiger partial charge on any atom is -0.480 e. The molecule has 11 heavy (non-hydrogen) atoms. The molecule has 0 aromatic rings. The Kier molecular flexibility index (Phi) is 4.16. The van der Waals surface area contributed by atoms with Gasteiger partial charge in [-0.25, -0.2) is 0 Å². The van der Waals surface area contributed by atoms with Crippen LogP contribution < -0.4 is 10.8 Å². The van der Waals surface area contributed by atoms with Gasteiger partial charge >= 0.3 is 5.97 Å². The molecule has 6 nitrogen and oxygen atoms in total. The van der Waals surface area contributed by atoms with E-state index in [-0.39, 0.29) is 6.54 Å². The predicted molar refractivity (Wildman–Crippen MR) is 35.0 cm³/mol. The third kappa shape index (κ3) is 4.29. The topological polar surface area (TPSA) is 98.7 Å². The van der Waals surface area contributed by atoms with Crippen LogP contribution in [0.2, 0.25) is 0 Å². The van der Waals surface area contributed by atoms with Gasteiger partial charge in [0.25, 0.3) is 0 Å². The number of carboxylic acids is 1. The monoisotopic (exact) mass is 162 g/mol. The van der Waals surface area contributed by atoms with Crippen molar-refractivity contribution in [3.05, 3.63) is 0 Å². The zero-order valence-corrected chi connectivity index (χ0v) is 6.00. The molecule has 0 aliphatic carbocycles. The summed E-state index contributed by atoms with van der Waals surface area (Å²) in [5.74, 6) is -1.68. The van der Waals surface area contributed by atoms with Crippen molar-refractivity contribution in [2.75, 3.05) is 6.54 Å². The van der Waals surface area contributed by atoms with Crippen molar-refractivity contribution in [3.8, 4) is 0 Å². The quantitative estimate of drug-likeness (QED) is 0.379. The Morgan fingerprint density at radius 1 is 1.55 bits per heavy atom. The first-order chi connectivity index (χ1) is 5.07. The highest BCUT2D eigenvalue weighted by Gasteiger charge is 2.12. The van der Waals surface area contributed by atoms with Gasteiger partial charge in [-0.2, -0.15) is 5.48 Å². The molecule has 0 aliphatic rings. The fourth-order valence-electron chi connectivity index (χ4n) is 0.426. The average molecular weight is 162 g/mol. The van der Waals surface area contributed by atoms with E-state index >= 15 is 0 Å². The second-order valence-electron chi connectivity index (χ2n) is 1.96. The SMILES string of the molecule is C[C@H](NC(=O)CNO)C(=O)O. The van der Waals surface area contributed by atoms with E-state index in [0.717, 1.165) is 0 Å². The standard InChI is InChI=1S/C5H10N2O4/c1-3(5(9)10)7-4(8)2-6-11/h3,6,11H,2H2,1H3,(H,7,8)(H,9,10)/t3-/m0/s1. The third-order valence-electron chi connectivity index (χ3n) is 0.988. The van der Waals surface area contributed by atoms with Gasteiger partial charge in [-0.15, -0.1) is 0 Å². The largest absolute Gasteiger partial charge is 0.480 e. The highest BCUT2D eigenvalue weighted by atomic mass is 16.5. The molecule has 0 spiro atoms. The van der Waals surface area contributed by atoms with E-state index < -0.39 is 17.9 Å². The Morgan fingerprint density at radius 3 is 2.45 bits per heavy atom. The van der Waals surface area contributed by atoms with Crippen LogP contribution in [-0.4, -0.2) is 34.8 Å². The Bertz CT molecular complexity index is 159. The summed E-state index contributed by atoms with van der Waals surface area (Å²) in [5, 5.41) is 18.5. The summed E-state index contributed by atoms with van der Waals surface area (Å²) in [6.45, 7) is 1.02. The van der Waals surface area contributed by atoms with E-state index in [1.54, 1.807) is 5.48 Å². The van der Waals surface area contributed by atoms with Crippen molar-refractivity contribution >= 4 is 11.9 Å². The fourth-order valence-corrected chi connectivity index (χ4v) is 0.426. The molecular formula is C5H10N2O4. The smallest absolute Gasteiger partial charge is 0.325 e. The maximum atomic E-state index is 10.6. The van der Waals surface area contributed by atoms with Crippen molar-refractivity contribution in [1.82, 2.24) is 10.8 Å². The second-order valence-corrected chi connectivity index (χ2v) is 1.96. The van der Waals surface area contributed by atoms with Crippen molar-refractivity contribution in [2.45, 2.75) is 13.0 Å². The number of hydrogen-bond donors (Lipinski definition) is 4. The first-order valence-electron chi connectivity index (χ1n) is 2.97. The van der Waals surface area contributed by atoms with Crippen LogP contribution in [0.1, 0.15) is 6.92 Å². The number of nitrogens with one attached hydrogen (secondary N) is 2.